The zero-order chi connectivity index (χ0) is 11.3. The average molecular weight is 210 g/mol. The maximum atomic E-state index is 11.8. The topological polar surface area (TPSA) is 59.5 Å². The molecule has 0 aliphatic heterocycles. The number of carbonyl (C=O) groups excluding carboxylic acids is 1. The van der Waals surface area contributed by atoms with Gasteiger partial charge in [0.1, 0.15) is 5.76 Å². The fourth-order valence-electron chi connectivity index (χ4n) is 1.47. The molecule has 0 fully saturated rings. The van der Waals surface area contributed by atoms with Gasteiger partial charge in [-0.15, -0.1) is 0 Å². The Kier molecular flexibility index (Phi) is 4.37. The summed E-state index contributed by atoms with van der Waals surface area (Å²) in [6.45, 7) is 2.87. The molecule has 0 saturated carbocycles. The van der Waals surface area contributed by atoms with Gasteiger partial charge < -0.3 is 15.1 Å². The second kappa shape index (κ2) is 5.56. The van der Waals surface area contributed by atoms with Gasteiger partial charge in [0.15, 0.2) is 0 Å². The maximum absolute atomic E-state index is 11.8. The summed E-state index contributed by atoms with van der Waals surface area (Å²) in [6, 6.07) is 3.67. The first-order chi connectivity index (χ1) is 7.19. The SMILES string of the molecule is CCC(CN)C(=O)N(C)Cc1ccco1. The zero-order valence-corrected chi connectivity index (χ0v) is 9.27. The van der Waals surface area contributed by atoms with E-state index in [1.54, 1.807) is 18.2 Å². The number of carbonyl (C=O) groups is 1. The average Bonchev–Trinajstić information content (AvgIpc) is 2.72. The smallest absolute Gasteiger partial charge is 0.227 e. The van der Waals surface area contributed by atoms with E-state index in [1.165, 1.54) is 0 Å². The third-order valence-corrected chi connectivity index (χ3v) is 2.48. The predicted octanol–water partition coefficient (Wildman–Crippen LogP) is 1.22. The van der Waals surface area contributed by atoms with E-state index in [0.717, 1.165) is 12.2 Å². The van der Waals surface area contributed by atoms with Crippen LogP contribution >= 0.6 is 0 Å². The van der Waals surface area contributed by atoms with Crippen molar-refractivity contribution in [3.05, 3.63) is 24.2 Å². The Hall–Kier alpha value is -1.29. The lowest BCUT2D eigenvalue weighted by Crippen LogP contribution is -2.35. The van der Waals surface area contributed by atoms with Crippen molar-refractivity contribution >= 4 is 5.91 Å². The first-order valence-electron chi connectivity index (χ1n) is 5.16. The van der Waals surface area contributed by atoms with E-state index >= 15 is 0 Å². The molecule has 1 atom stereocenters. The number of hydrogen-bond donors (Lipinski definition) is 1. The number of hydrogen-bond acceptors (Lipinski definition) is 3. The number of nitrogens with two attached hydrogens (primary N) is 1. The number of rotatable bonds is 5. The normalized spacial score (nSPS) is 12.5. The van der Waals surface area contributed by atoms with E-state index in [0.29, 0.717) is 13.1 Å². The van der Waals surface area contributed by atoms with Gasteiger partial charge in [-0.1, -0.05) is 6.92 Å². The first kappa shape index (κ1) is 11.8. The lowest BCUT2D eigenvalue weighted by molar-refractivity contribution is -0.134. The van der Waals surface area contributed by atoms with Crippen molar-refractivity contribution in [2.75, 3.05) is 13.6 Å². The zero-order valence-electron chi connectivity index (χ0n) is 9.27. The molecule has 2 N–H and O–H groups in total. The van der Waals surface area contributed by atoms with Crippen molar-refractivity contribution in [1.29, 1.82) is 0 Å². The number of amides is 1. The Morgan fingerprint density at radius 3 is 2.87 bits per heavy atom. The molecule has 1 aromatic rings. The molecule has 1 heterocycles. The minimum atomic E-state index is -0.0787. The van der Waals surface area contributed by atoms with Crippen molar-refractivity contribution < 1.29 is 9.21 Å². The van der Waals surface area contributed by atoms with Crippen molar-refractivity contribution in [3.63, 3.8) is 0 Å². The fourth-order valence-corrected chi connectivity index (χ4v) is 1.47. The van der Waals surface area contributed by atoms with Crippen LogP contribution in [-0.4, -0.2) is 24.4 Å². The summed E-state index contributed by atoms with van der Waals surface area (Å²) < 4.78 is 5.18. The van der Waals surface area contributed by atoms with Gasteiger partial charge >= 0.3 is 0 Å². The van der Waals surface area contributed by atoms with E-state index in [-0.39, 0.29) is 11.8 Å². The second-order valence-electron chi connectivity index (χ2n) is 3.61. The monoisotopic (exact) mass is 210 g/mol. The largest absolute Gasteiger partial charge is 0.467 e. The Balaban J connectivity index is 2.53. The molecule has 1 amide bonds. The van der Waals surface area contributed by atoms with Gasteiger partial charge in [0.05, 0.1) is 18.7 Å². The minimum absolute atomic E-state index is 0.0787. The molecule has 0 spiro atoms. The highest BCUT2D eigenvalue weighted by atomic mass is 16.3. The summed E-state index contributed by atoms with van der Waals surface area (Å²) in [4.78, 5) is 13.5. The molecule has 0 aromatic carbocycles. The minimum Gasteiger partial charge on any atom is -0.467 e. The summed E-state index contributed by atoms with van der Waals surface area (Å²) in [5, 5.41) is 0. The van der Waals surface area contributed by atoms with Crippen LogP contribution in [0.15, 0.2) is 22.8 Å². The van der Waals surface area contributed by atoms with Crippen LogP contribution in [0.25, 0.3) is 0 Å². The summed E-state index contributed by atoms with van der Waals surface area (Å²) in [7, 11) is 1.77. The van der Waals surface area contributed by atoms with Crippen LogP contribution in [0.1, 0.15) is 19.1 Å². The van der Waals surface area contributed by atoms with Gasteiger partial charge in [0, 0.05) is 13.6 Å². The molecular weight excluding hydrogens is 192 g/mol. The molecule has 1 aromatic heterocycles. The molecule has 0 radical (unpaired) electrons. The molecule has 4 heteroatoms. The predicted molar refractivity (Wildman–Crippen MR) is 58.0 cm³/mol. The van der Waals surface area contributed by atoms with Crippen LogP contribution in [0.4, 0.5) is 0 Å². The van der Waals surface area contributed by atoms with Crippen molar-refractivity contribution in [3.8, 4) is 0 Å². The summed E-state index contributed by atoms with van der Waals surface area (Å²) in [5.41, 5.74) is 5.52. The number of furan rings is 1. The van der Waals surface area contributed by atoms with Crippen LogP contribution in [0.2, 0.25) is 0 Å². The summed E-state index contributed by atoms with van der Waals surface area (Å²) in [6.07, 6.45) is 2.38. The molecule has 1 rings (SSSR count). The first-order valence-corrected chi connectivity index (χ1v) is 5.16. The van der Waals surface area contributed by atoms with Crippen LogP contribution in [0.3, 0.4) is 0 Å². The van der Waals surface area contributed by atoms with Crippen molar-refractivity contribution in [1.82, 2.24) is 4.90 Å². The third kappa shape index (κ3) is 3.09. The van der Waals surface area contributed by atoms with E-state index in [2.05, 4.69) is 0 Å². The van der Waals surface area contributed by atoms with Gasteiger partial charge in [-0.25, -0.2) is 0 Å². The molecule has 0 saturated heterocycles. The Bertz CT molecular complexity index is 292. The lowest BCUT2D eigenvalue weighted by Gasteiger charge is -2.20. The van der Waals surface area contributed by atoms with Crippen LogP contribution < -0.4 is 5.73 Å². The van der Waals surface area contributed by atoms with E-state index < -0.39 is 0 Å². The van der Waals surface area contributed by atoms with Crippen molar-refractivity contribution in [2.24, 2.45) is 11.7 Å². The Morgan fingerprint density at radius 2 is 2.40 bits per heavy atom. The van der Waals surface area contributed by atoms with Gasteiger partial charge in [0.2, 0.25) is 5.91 Å². The van der Waals surface area contributed by atoms with Gasteiger partial charge in [-0.2, -0.15) is 0 Å². The molecule has 1 unspecified atom stereocenters. The van der Waals surface area contributed by atoms with Crippen LogP contribution in [-0.2, 0) is 11.3 Å². The van der Waals surface area contributed by atoms with Crippen LogP contribution in [0.5, 0.6) is 0 Å². The highest BCUT2D eigenvalue weighted by Gasteiger charge is 2.19. The fraction of sp³-hybridized carbons (Fsp3) is 0.545. The summed E-state index contributed by atoms with van der Waals surface area (Å²) in [5.74, 6) is 0.791. The molecule has 0 aliphatic carbocycles. The Morgan fingerprint density at radius 1 is 1.67 bits per heavy atom. The van der Waals surface area contributed by atoms with Gasteiger partial charge in [-0.3, -0.25) is 4.79 Å². The third-order valence-electron chi connectivity index (χ3n) is 2.48. The van der Waals surface area contributed by atoms with Gasteiger partial charge in [0.25, 0.3) is 0 Å². The molecular formula is C11H18N2O2. The van der Waals surface area contributed by atoms with Gasteiger partial charge in [-0.05, 0) is 18.6 Å². The highest BCUT2D eigenvalue weighted by Crippen LogP contribution is 2.09. The quantitative estimate of drug-likeness (QED) is 0.795. The Labute approximate surface area is 90.0 Å². The molecule has 84 valence electrons. The standard InChI is InChI=1S/C11H18N2O2/c1-3-9(7-12)11(14)13(2)8-10-5-4-6-15-10/h4-6,9H,3,7-8,12H2,1-2H3. The highest BCUT2D eigenvalue weighted by molar-refractivity contribution is 5.78. The van der Waals surface area contributed by atoms with Crippen molar-refractivity contribution in [2.45, 2.75) is 19.9 Å². The van der Waals surface area contributed by atoms with E-state index in [9.17, 15) is 4.79 Å². The summed E-state index contributed by atoms with van der Waals surface area (Å²) >= 11 is 0. The molecule has 15 heavy (non-hydrogen) atoms. The molecule has 0 aliphatic rings. The van der Waals surface area contributed by atoms with E-state index in [1.807, 2.05) is 19.1 Å². The lowest BCUT2D eigenvalue weighted by atomic mass is 10.1. The maximum Gasteiger partial charge on any atom is 0.227 e. The number of nitrogens with zero attached hydrogens (tertiary/aromatic N) is 1. The molecule has 0 bridgehead atoms. The second-order valence-corrected chi connectivity index (χ2v) is 3.61. The van der Waals surface area contributed by atoms with Crippen LogP contribution in [0, 0.1) is 5.92 Å². The van der Waals surface area contributed by atoms with E-state index in [4.69, 9.17) is 10.2 Å². The molecule has 4 nitrogen and oxygen atoms in total.